The summed E-state index contributed by atoms with van der Waals surface area (Å²) in [7, 11) is 0. The molecule has 2 aliphatic carbocycles. The molecule has 0 aliphatic heterocycles. The SMILES string of the molecule is CC(NC1CC2CC=CC21)c1cccc(F)c1. The molecule has 0 saturated heterocycles. The van der Waals surface area contributed by atoms with Gasteiger partial charge in [-0.2, -0.15) is 0 Å². The van der Waals surface area contributed by atoms with Crippen molar-refractivity contribution in [2.24, 2.45) is 11.8 Å². The van der Waals surface area contributed by atoms with Crippen LogP contribution in [0.2, 0.25) is 0 Å². The van der Waals surface area contributed by atoms with E-state index in [9.17, 15) is 4.39 Å². The Hall–Kier alpha value is -1.15. The molecule has 4 unspecified atom stereocenters. The van der Waals surface area contributed by atoms with Crippen LogP contribution in [0.5, 0.6) is 0 Å². The summed E-state index contributed by atoms with van der Waals surface area (Å²) >= 11 is 0. The van der Waals surface area contributed by atoms with Crippen molar-refractivity contribution >= 4 is 0 Å². The molecule has 1 nitrogen and oxygen atoms in total. The molecule has 17 heavy (non-hydrogen) atoms. The largest absolute Gasteiger partial charge is 0.307 e. The van der Waals surface area contributed by atoms with Gasteiger partial charge in [0, 0.05) is 12.1 Å². The van der Waals surface area contributed by atoms with Gasteiger partial charge in [-0.15, -0.1) is 0 Å². The summed E-state index contributed by atoms with van der Waals surface area (Å²) in [6, 6.07) is 7.69. The zero-order chi connectivity index (χ0) is 11.8. The standard InChI is InChI=1S/C15H18FN/c1-10(11-4-2-6-13(16)8-11)17-15-9-12-5-3-7-14(12)15/h2-4,6-8,10,12,14-15,17H,5,9H2,1H3. The van der Waals surface area contributed by atoms with Gasteiger partial charge in [0.1, 0.15) is 5.82 Å². The first-order valence-electron chi connectivity index (χ1n) is 6.42. The highest BCUT2D eigenvalue weighted by Crippen LogP contribution is 2.43. The number of benzene rings is 1. The topological polar surface area (TPSA) is 12.0 Å². The summed E-state index contributed by atoms with van der Waals surface area (Å²) in [6.45, 7) is 2.11. The van der Waals surface area contributed by atoms with Crippen LogP contribution >= 0.6 is 0 Å². The Morgan fingerprint density at radius 1 is 1.41 bits per heavy atom. The Kier molecular flexibility index (Phi) is 2.75. The molecule has 4 atom stereocenters. The van der Waals surface area contributed by atoms with E-state index in [-0.39, 0.29) is 11.9 Å². The van der Waals surface area contributed by atoms with Crippen LogP contribution in [0.15, 0.2) is 36.4 Å². The average molecular weight is 231 g/mol. The molecule has 0 spiro atoms. The molecule has 1 aromatic rings. The third-order valence-electron chi connectivity index (χ3n) is 4.18. The molecule has 0 radical (unpaired) electrons. The van der Waals surface area contributed by atoms with Crippen molar-refractivity contribution in [2.75, 3.05) is 0 Å². The predicted molar refractivity (Wildman–Crippen MR) is 67.1 cm³/mol. The molecule has 0 amide bonds. The van der Waals surface area contributed by atoms with Crippen LogP contribution in [0.25, 0.3) is 0 Å². The van der Waals surface area contributed by atoms with Crippen molar-refractivity contribution < 1.29 is 4.39 Å². The summed E-state index contributed by atoms with van der Waals surface area (Å²) in [5.41, 5.74) is 1.04. The molecular formula is C15H18FN. The maximum absolute atomic E-state index is 13.1. The maximum atomic E-state index is 13.1. The van der Waals surface area contributed by atoms with Gasteiger partial charge in [-0.1, -0.05) is 24.3 Å². The van der Waals surface area contributed by atoms with Crippen LogP contribution in [-0.2, 0) is 0 Å². The lowest BCUT2D eigenvalue weighted by Crippen LogP contribution is -2.48. The second-order valence-corrected chi connectivity index (χ2v) is 5.29. The first-order valence-corrected chi connectivity index (χ1v) is 6.42. The molecule has 1 saturated carbocycles. The van der Waals surface area contributed by atoms with E-state index in [2.05, 4.69) is 24.4 Å². The number of hydrogen-bond donors (Lipinski definition) is 1. The fraction of sp³-hybridized carbons (Fsp3) is 0.467. The number of allylic oxidation sites excluding steroid dienone is 1. The lowest BCUT2D eigenvalue weighted by Gasteiger charge is -2.42. The summed E-state index contributed by atoms with van der Waals surface area (Å²) < 4.78 is 13.1. The van der Waals surface area contributed by atoms with Crippen LogP contribution in [-0.4, -0.2) is 6.04 Å². The van der Waals surface area contributed by atoms with Crippen molar-refractivity contribution in [3.63, 3.8) is 0 Å². The van der Waals surface area contributed by atoms with Gasteiger partial charge in [0.25, 0.3) is 0 Å². The third-order valence-corrected chi connectivity index (χ3v) is 4.18. The monoisotopic (exact) mass is 231 g/mol. The quantitative estimate of drug-likeness (QED) is 0.786. The van der Waals surface area contributed by atoms with Crippen LogP contribution < -0.4 is 5.32 Å². The van der Waals surface area contributed by atoms with E-state index < -0.39 is 0 Å². The minimum Gasteiger partial charge on any atom is -0.307 e. The molecule has 0 bridgehead atoms. The van der Waals surface area contributed by atoms with Crippen LogP contribution in [0.3, 0.4) is 0 Å². The van der Waals surface area contributed by atoms with Gasteiger partial charge in [-0.05, 0) is 49.3 Å². The van der Waals surface area contributed by atoms with E-state index in [4.69, 9.17) is 0 Å². The van der Waals surface area contributed by atoms with Gasteiger partial charge >= 0.3 is 0 Å². The number of hydrogen-bond acceptors (Lipinski definition) is 1. The minimum absolute atomic E-state index is 0.150. The molecule has 2 aliphatic rings. The predicted octanol–water partition coefficient (Wildman–Crippen LogP) is 3.44. The van der Waals surface area contributed by atoms with E-state index >= 15 is 0 Å². The third kappa shape index (κ3) is 2.02. The van der Waals surface area contributed by atoms with Crippen LogP contribution in [0, 0.1) is 17.7 Å². The van der Waals surface area contributed by atoms with E-state index in [1.165, 1.54) is 18.9 Å². The molecule has 0 aromatic heterocycles. The molecule has 0 heterocycles. The zero-order valence-electron chi connectivity index (χ0n) is 10.1. The molecule has 1 N–H and O–H groups in total. The van der Waals surface area contributed by atoms with E-state index in [1.54, 1.807) is 12.1 Å². The van der Waals surface area contributed by atoms with Crippen molar-refractivity contribution in [1.29, 1.82) is 0 Å². The highest BCUT2D eigenvalue weighted by atomic mass is 19.1. The Balaban J connectivity index is 1.64. The molecule has 90 valence electrons. The molecule has 1 fully saturated rings. The molecular weight excluding hydrogens is 213 g/mol. The summed E-state index contributed by atoms with van der Waals surface area (Å²) in [5, 5.41) is 3.61. The second-order valence-electron chi connectivity index (χ2n) is 5.29. The fourth-order valence-corrected chi connectivity index (χ4v) is 3.10. The summed E-state index contributed by atoms with van der Waals surface area (Å²) in [4.78, 5) is 0. The Morgan fingerprint density at radius 3 is 3.06 bits per heavy atom. The normalized spacial score (nSPS) is 32.0. The zero-order valence-corrected chi connectivity index (χ0v) is 10.1. The number of fused-ring (bicyclic) bond motifs is 1. The van der Waals surface area contributed by atoms with E-state index in [0.717, 1.165) is 11.5 Å². The number of rotatable bonds is 3. The molecule has 3 rings (SSSR count). The van der Waals surface area contributed by atoms with Crippen LogP contribution in [0.4, 0.5) is 4.39 Å². The molecule has 1 aromatic carbocycles. The highest BCUT2D eigenvalue weighted by Gasteiger charge is 2.41. The fourth-order valence-electron chi connectivity index (χ4n) is 3.10. The minimum atomic E-state index is -0.150. The summed E-state index contributed by atoms with van der Waals surface area (Å²) in [5.74, 6) is 1.43. The van der Waals surface area contributed by atoms with Crippen molar-refractivity contribution in [2.45, 2.75) is 31.8 Å². The smallest absolute Gasteiger partial charge is 0.123 e. The van der Waals surface area contributed by atoms with Gasteiger partial charge in [-0.3, -0.25) is 0 Å². The van der Waals surface area contributed by atoms with Gasteiger partial charge in [0.05, 0.1) is 0 Å². The van der Waals surface area contributed by atoms with E-state index in [1.807, 2.05) is 6.07 Å². The Morgan fingerprint density at radius 2 is 2.29 bits per heavy atom. The van der Waals surface area contributed by atoms with Crippen molar-refractivity contribution in [3.05, 3.63) is 47.8 Å². The first-order chi connectivity index (χ1) is 8.24. The Bertz CT molecular complexity index is 440. The van der Waals surface area contributed by atoms with Crippen molar-refractivity contribution in [3.8, 4) is 0 Å². The van der Waals surface area contributed by atoms with Gasteiger partial charge in [0.2, 0.25) is 0 Å². The van der Waals surface area contributed by atoms with Crippen LogP contribution in [0.1, 0.15) is 31.4 Å². The second kappa shape index (κ2) is 4.26. The average Bonchev–Trinajstić information content (AvgIpc) is 2.67. The maximum Gasteiger partial charge on any atom is 0.123 e. The van der Waals surface area contributed by atoms with Gasteiger partial charge in [-0.25, -0.2) is 4.39 Å². The lowest BCUT2D eigenvalue weighted by molar-refractivity contribution is 0.152. The summed E-state index contributed by atoms with van der Waals surface area (Å²) in [6.07, 6.45) is 7.14. The first kappa shape index (κ1) is 11.0. The number of nitrogens with one attached hydrogen (secondary N) is 1. The van der Waals surface area contributed by atoms with Gasteiger partial charge in [0.15, 0.2) is 0 Å². The Labute approximate surface area is 102 Å². The number of halogens is 1. The van der Waals surface area contributed by atoms with E-state index in [0.29, 0.717) is 12.0 Å². The molecule has 2 heteroatoms. The van der Waals surface area contributed by atoms with Crippen molar-refractivity contribution in [1.82, 2.24) is 5.32 Å². The van der Waals surface area contributed by atoms with Gasteiger partial charge < -0.3 is 5.32 Å². The highest BCUT2D eigenvalue weighted by molar-refractivity contribution is 5.21. The lowest BCUT2D eigenvalue weighted by atomic mass is 9.71.